The molecule has 0 N–H and O–H groups in total. The molecular weight excluding hydrogens is 379 g/mol. The molecule has 0 heterocycles. The summed E-state index contributed by atoms with van der Waals surface area (Å²) in [6.07, 6.45) is 0.336. The van der Waals surface area contributed by atoms with Crippen molar-refractivity contribution in [1.82, 2.24) is 0 Å². The molecule has 0 radical (unpaired) electrons. The molecule has 0 fully saturated rings. The number of hydrogen-bond acceptors (Lipinski definition) is 1. The first-order chi connectivity index (χ1) is 8.58. The highest BCUT2D eigenvalue weighted by Crippen LogP contribution is 2.24. The van der Waals surface area contributed by atoms with Crippen molar-refractivity contribution in [3.63, 3.8) is 0 Å². The molecule has 1 nitrogen and oxygen atoms in total. The minimum Gasteiger partial charge on any atom is -0.294 e. The summed E-state index contributed by atoms with van der Waals surface area (Å²) < 4.78 is 1.80. The summed E-state index contributed by atoms with van der Waals surface area (Å²) >= 11 is 12.8. The van der Waals surface area contributed by atoms with Crippen LogP contribution in [0.15, 0.2) is 51.4 Å². The fourth-order valence-corrected chi connectivity index (χ4v) is 2.83. The van der Waals surface area contributed by atoms with Crippen molar-refractivity contribution in [2.75, 3.05) is 0 Å². The van der Waals surface area contributed by atoms with Gasteiger partial charge in [0.2, 0.25) is 0 Å². The molecule has 0 aliphatic carbocycles. The van der Waals surface area contributed by atoms with Crippen LogP contribution in [0.2, 0.25) is 5.02 Å². The van der Waals surface area contributed by atoms with E-state index >= 15 is 0 Å². The molecule has 2 aromatic carbocycles. The second-order valence-electron chi connectivity index (χ2n) is 3.82. The van der Waals surface area contributed by atoms with Crippen LogP contribution in [0.4, 0.5) is 0 Å². The average Bonchev–Trinajstić information content (AvgIpc) is 2.32. The van der Waals surface area contributed by atoms with E-state index in [-0.39, 0.29) is 5.78 Å². The summed E-state index contributed by atoms with van der Waals surface area (Å²) in [4.78, 5) is 12.2. The zero-order valence-electron chi connectivity index (χ0n) is 9.29. The average molecular weight is 388 g/mol. The van der Waals surface area contributed by atoms with E-state index in [9.17, 15) is 4.79 Å². The first kappa shape index (κ1) is 13.8. The molecule has 2 aromatic rings. The number of ketones is 1. The molecule has 18 heavy (non-hydrogen) atoms. The Kier molecular flexibility index (Phi) is 4.60. The lowest BCUT2D eigenvalue weighted by Gasteiger charge is -2.06. The first-order valence-corrected chi connectivity index (χ1v) is 7.26. The molecule has 0 spiro atoms. The van der Waals surface area contributed by atoms with Crippen molar-refractivity contribution >= 4 is 49.2 Å². The van der Waals surface area contributed by atoms with E-state index in [2.05, 4.69) is 31.9 Å². The van der Waals surface area contributed by atoms with E-state index in [0.29, 0.717) is 17.0 Å². The first-order valence-electron chi connectivity index (χ1n) is 5.29. The van der Waals surface area contributed by atoms with E-state index in [1.54, 1.807) is 12.1 Å². The quantitative estimate of drug-likeness (QED) is 0.653. The minimum absolute atomic E-state index is 0.0133. The number of carbonyl (C=O) groups excluding carboxylic acids is 1. The molecular formula is C14H9Br2ClO. The zero-order chi connectivity index (χ0) is 13.1. The van der Waals surface area contributed by atoms with Gasteiger partial charge >= 0.3 is 0 Å². The van der Waals surface area contributed by atoms with Gasteiger partial charge in [-0.1, -0.05) is 61.7 Å². The Balaban J connectivity index is 2.25. The lowest BCUT2D eigenvalue weighted by atomic mass is 10.0. The van der Waals surface area contributed by atoms with Gasteiger partial charge in [0.1, 0.15) is 0 Å². The third-order valence-electron chi connectivity index (χ3n) is 2.54. The second-order valence-corrected chi connectivity index (χ2v) is 5.99. The fraction of sp³-hybridized carbons (Fsp3) is 0.0714. The molecule has 0 unspecified atom stereocenters. The number of hydrogen-bond donors (Lipinski definition) is 0. The van der Waals surface area contributed by atoms with Gasteiger partial charge in [-0.05, 0) is 29.8 Å². The number of benzene rings is 2. The Morgan fingerprint density at radius 3 is 2.50 bits per heavy atom. The van der Waals surface area contributed by atoms with Crippen LogP contribution in [0, 0.1) is 0 Å². The van der Waals surface area contributed by atoms with Crippen molar-refractivity contribution in [1.29, 1.82) is 0 Å². The standard InChI is InChI=1S/C14H9Br2ClO/c15-10-5-6-11(13(17)8-10)14(18)7-9-3-1-2-4-12(9)16/h1-6,8H,7H2. The Hall–Kier alpha value is -0.640. The largest absolute Gasteiger partial charge is 0.294 e. The minimum atomic E-state index is 0.0133. The lowest BCUT2D eigenvalue weighted by Crippen LogP contribution is -2.04. The number of rotatable bonds is 3. The molecule has 2 rings (SSSR count). The lowest BCUT2D eigenvalue weighted by molar-refractivity contribution is 0.0993. The number of Topliss-reactive ketones (excluding diaryl/α,β-unsaturated/α-hetero) is 1. The fourth-order valence-electron chi connectivity index (χ4n) is 1.63. The maximum absolute atomic E-state index is 12.2. The maximum atomic E-state index is 12.2. The zero-order valence-corrected chi connectivity index (χ0v) is 13.2. The van der Waals surface area contributed by atoms with Gasteiger partial charge < -0.3 is 0 Å². The topological polar surface area (TPSA) is 17.1 Å². The van der Waals surface area contributed by atoms with Gasteiger partial charge in [-0.3, -0.25) is 4.79 Å². The molecule has 0 saturated carbocycles. The summed E-state index contributed by atoms with van der Waals surface area (Å²) in [5.41, 5.74) is 1.51. The molecule has 0 aliphatic rings. The summed E-state index contributed by atoms with van der Waals surface area (Å²) in [7, 11) is 0. The van der Waals surface area contributed by atoms with E-state index < -0.39 is 0 Å². The van der Waals surface area contributed by atoms with Crippen LogP contribution in [0.3, 0.4) is 0 Å². The van der Waals surface area contributed by atoms with Gasteiger partial charge in [0.15, 0.2) is 5.78 Å². The summed E-state index contributed by atoms with van der Waals surface area (Å²) in [5, 5.41) is 0.474. The highest BCUT2D eigenvalue weighted by atomic mass is 79.9. The highest BCUT2D eigenvalue weighted by molar-refractivity contribution is 9.10. The summed E-state index contributed by atoms with van der Waals surface area (Å²) in [5.74, 6) is 0.0133. The SMILES string of the molecule is O=C(Cc1ccccc1Br)c1ccc(Br)cc1Cl. The number of carbonyl (C=O) groups is 1. The highest BCUT2D eigenvalue weighted by Gasteiger charge is 2.12. The predicted molar refractivity (Wildman–Crippen MR) is 81.3 cm³/mol. The van der Waals surface area contributed by atoms with Crippen molar-refractivity contribution in [2.24, 2.45) is 0 Å². The van der Waals surface area contributed by atoms with Gasteiger partial charge in [-0.15, -0.1) is 0 Å². The Morgan fingerprint density at radius 1 is 1.11 bits per heavy atom. The molecule has 0 atom stereocenters. The molecule has 0 bridgehead atoms. The normalized spacial score (nSPS) is 10.4. The van der Waals surface area contributed by atoms with Crippen LogP contribution in [0.5, 0.6) is 0 Å². The maximum Gasteiger partial charge on any atom is 0.168 e. The van der Waals surface area contributed by atoms with E-state index in [0.717, 1.165) is 14.5 Å². The van der Waals surface area contributed by atoms with Crippen LogP contribution < -0.4 is 0 Å². The van der Waals surface area contributed by atoms with Gasteiger partial charge in [0.05, 0.1) is 5.02 Å². The van der Waals surface area contributed by atoms with Crippen LogP contribution >= 0.6 is 43.5 Å². The molecule has 92 valence electrons. The van der Waals surface area contributed by atoms with Crippen molar-refractivity contribution in [2.45, 2.75) is 6.42 Å². The monoisotopic (exact) mass is 386 g/mol. The van der Waals surface area contributed by atoms with Crippen LogP contribution in [0.1, 0.15) is 15.9 Å². The molecule has 4 heteroatoms. The Bertz CT molecular complexity index is 596. The summed E-state index contributed by atoms with van der Waals surface area (Å²) in [6, 6.07) is 13.0. The molecule has 0 amide bonds. The van der Waals surface area contributed by atoms with Crippen LogP contribution in [-0.4, -0.2) is 5.78 Å². The molecule has 0 aromatic heterocycles. The van der Waals surface area contributed by atoms with E-state index in [1.807, 2.05) is 30.3 Å². The van der Waals surface area contributed by atoms with Crippen LogP contribution in [0.25, 0.3) is 0 Å². The van der Waals surface area contributed by atoms with Gasteiger partial charge in [0.25, 0.3) is 0 Å². The van der Waals surface area contributed by atoms with Crippen molar-refractivity contribution < 1.29 is 4.79 Å². The third-order valence-corrected chi connectivity index (χ3v) is 4.12. The van der Waals surface area contributed by atoms with E-state index in [4.69, 9.17) is 11.6 Å². The van der Waals surface area contributed by atoms with Crippen LogP contribution in [-0.2, 0) is 6.42 Å². The van der Waals surface area contributed by atoms with Crippen molar-refractivity contribution in [3.05, 3.63) is 67.6 Å². The third kappa shape index (κ3) is 3.22. The number of halogens is 3. The second kappa shape index (κ2) is 6.00. The van der Waals surface area contributed by atoms with Gasteiger partial charge in [-0.25, -0.2) is 0 Å². The Labute approximate surface area is 127 Å². The van der Waals surface area contributed by atoms with Crippen molar-refractivity contribution in [3.8, 4) is 0 Å². The van der Waals surface area contributed by atoms with E-state index in [1.165, 1.54) is 0 Å². The smallest absolute Gasteiger partial charge is 0.168 e. The van der Waals surface area contributed by atoms with Gasteiger partial charge in [0, 0.05) is 20.9 Å². The van der Waals surface area contributed by atoms with Gasteiger partial charge in [-0.2, -0.15) is 0 Å². The summed E-state index contributed by atoms with van der Waals surface area (Å²) in [6.45, 7) is 0. The molecule has 0 aliphatic heterocycles. The Morgan fingerprint density at radius 2 is 1.83 bits per heavy atom. The molecule has 0 saturated heterocycles. The predicted octanol–water partition coefficient (Wildman–Crippen LogP) is 5.29.